The Labute approximate surface area is 292 Å². The number of hydrogen-bond donors (Lipinski definition) is 0. The summed E-state index contributed by atoms with van der Waals surface area (Å²) in [4.78, 5) is 2.33. The summed E-state index contributed by atoms with van der Waals surface area (Å²) < 4.78 is 6.30. The second-order valence-corrected chi connectivity index (χ2v) is 12.6. The molecule has 236 valence electrons. The molecule has 9 rings (SSSR count). The minimum absolute atomic E-state index is 0.854. The fraction of sp³-hybridized carbons (Fsp3) is 0. The highest BCUT2D eigenvalue weighted by atomic mass is 16.3. The van der Waals surface area contributed by atoms with Crippen molar-refractivity contribution < 1.29 is 4.42 Å². The van der Waals surface area contributed by atoms with Crippen LogP contribution in [0.2, 0.25) is 0 Å². The molecule has 1 heterocycles. The monoisotopic (exact) mass is 639 g/mol. The van der Waals surface area contributed by atoms with Crippen LogP contribution in [0.3, 0.4) is 0 Å². The molecule has 0 N–H and O–H groups in total. The van der Waals surface area contributed by atoms with E-state index in [1.54, 1.807) is 0 Å². The lowest BCUT2D eigenvalue weighted by Crippen LogP contribution is -2.10. The maximum absolute atomic E-state index is 6.30. The van der Waals surface area contributed by atoms with Gasteiger partial charge in [-0.15, -0.1) is 0 Å². The van der Waals surface area contributed by atoms with Crippen molar-refractivity contribution in [3.05, 3.63) is 200 Å². The lowest BCUT2D eigenvalue weighted by molar-refractivity contribution is 0.631. The van der Waals surface area contributed by atoms with Crippen LogP contribution in [0.4, 0.5) is 17.1 Å². The number of nitrogens with zero attached hydrogens (tertiary/aromatic N) is 1. The van der Waals surface area contributed by atoms with Crippen LogP contribution in [-0.4, -0.2) is 0 Å². The molecular formula is C48H33NO. The average molecular weight is 640 g/mol. The summed E-state index contributed by atoms with van der Waals surface area (Å²) in [5.41, 5.74) is 12.3. The molecule has 0 fully saturated rings. The summed E-state index contributed by atoms with van der Waals surface area (Å²) in [5.74, 6) is 0.854. The van der Waals surface area contributed by atoms with Gasteiger partial charge in [-0.25, -0.2) is 0 Å². The van der Waals surface area contributed by atoms with E-state index in [4.69, 9.17) is 4.42 Å². The third-order valence-corrected chi connectivity index (χ3v) is 9.45. The highest BCUT2D eigenvalue weighted by Crippen LogP contribution is 2.40. The number of fused-ring (bicyclic) bond motifs is 2. The van der Waals surface area contributed by atoms with Crippen LogP contribution in [0.1, 0.15) is 0 Å². The summed E-state index contributed by atoms with van der Waals surface area (Å²) >= 11 is 0. The smallest absolute Gasteiger partial charge is 0.135 e. The van der Waals surface area contributed by atoms with Crippen molar-refractivity contribution in [3.8, 4) is 44.7 Å². The average Bonchev–Trinajstić information content (AvgIpc) is 3.64. The van der Waals surface area contributed by atoms with Crippen molar-refractivity contribution in [2.24, 2.45) is 0 Å². The Balaban J connectivity index is 1.12. The van der Waals surface area contributed by atoms with Gasteiger partial charge in [0.05, 0.1) is 0 Å². The zero-order valence-electron chi connectivity index (χ0n) is 27.4. The molecule has 8 aromatic carbocycles. The van der Waals surface area contributed by atoms with Crippen molar-refractivity contribution in [3.63, 3.8) is 0 Å². The van der Waals surface area contributed by atoms with Crippen LogP contribution in [0, 0.1) is 0 Å². The van der Waals surface area contributed by atoms with Gasteiger partial charge in [-0.2, -0.15) is 0 Å². The van der Waals surface area contributed by atoms with Crippen molar-refractivity contribution in [1.29, 1.82) is 0 Å². The quantitative estimate of drug-likeness (QED) is 0.173. The molecule has 0 aliphatic carbocycles. The van der Waals surface area contributed by atoms with Gasteiger partial charge in [-0.3, -0.25) is 0 Å². The molecular weight excluding hydrogens is 607 g/mol. The molecule has 0 bridgehead atoms. The normalized spacial score (nSPS) is 11.2. The third-order valence-electron chi connectivity index (χ3n) is 9.45. The molecule has 0 saturated carbocycles. The minimum Gasteiger partial charge on any atom is -0.456 e. The van der Waals surface area contributed by atoms with Crippen LogP contribution >= 0.6 is 0 Å². The molecule has 50 heavy (non-hydrogen) atoms. The van der Waals surface area contributed by atoms with Gasteiger partial charge in [-0.05, 0) is 98.8 Å². The molecule has 0 aliphatic heterocycles. The molecule has 1 aromatic heterocycles. The zero-order valence-corrected chi connectivity index (χ0v) is 27.4. The number of anilines is 3. The first kappa shape index (κ1) is 29.5. The van der Waals surface area contributed by atoms with Crippen LogP contribution < -0.4 is 4.90 Å². The molecule has 0 atom stereocenters. The van der Waals surface area contributed by atoms with E-state index in [0.717, 1.165) is 39.4 Å². The first-order chi connectivity index (χ1) is 24.7. The Morgan fingerprint density at radius 3 is 1.48 bits per heavy atom. The lowest BCUT2D eigenvalue weighted by Gasteiger charge is -2.26. The van der Waals surface area contributed by atoms with E-state index in [-0.39, 0.29) is 0 Å². The summed E-state index contributed by atoms with van der Waals surface area (Å²) in [6, 6.07) is 71.2. The van der Waals surface area contributed by atoms with Gasteiger partial charge >= 0.3 is 0 Å². The van der Waals surface area contributed by atoms with Gasteiger partial charge in [0.15, 0.2) is 0 Å². The molecule has 0 unspecified atom stereocenters. The maximum atomic E-state index is 6.30. The van der Waals surface area contributed by atoms with Gasteiger partial charge in [0, 0.05) is 28.0 Å². The maximum Gasteiger partial charge on any atom is 0.135 e. The van der Waals surface area contributed by atoms with E-state index < -0.39 is 0 Å². The first-order valence-corrected chi connectivity index (χ1v) is 17.0. The van der Waals surface area contributed by atoms with E-state index in [1.807, 2.05) is 18.2 Å². The van der Waals surface area contributed by atoms with Gasteiger partial charge in [0.1, 0.15) is 11.3 Å². The number of rotatable bonds is 7. The largest absolute Gasteiger partial charge is 0.456 e. The summed E-state index contributed by atoms with van der Waals surface area (Å²) in [5, 5.41) is 3.57. The zero-order chi connectivity index (χ0) is 33.3. The van der Waals surface area contributed by atoms with Crippen LogP contribution in [-0.2, 0) is 0 Å². The van der Waals surface area contributed by atoms with E-state index in [9.17, 15) is 0 Å². The molecule has 0 amide bonds. The van der Waals surface area contributed by atoms with Gasteiger partial charge in [0.25, 0.3) is 0 Å². The van der Waals surface area contributed by atoms with Crippen LogP contribution in [0.5, 0.6) is 0 Å². The number of para-hydroxylation sites is 1. The summed E-state index contributed by atoms with van der Waals surface area (Å²) in [7, 11) is 0. The van der Waals surface area contributed by atoms with Crippen LogP contribution in [0.25, 0.3) is 66.4 Å². The van der Waals surface area contributed by atoms with Crippen molar-refractivity contribution in [2.45, 2.75) is 0 Å². The molecule has 0 aliphatic rings. The van der Waals surface area contributed by atoms with Crippen molar-refractivity contribution in [2.75, 3.05) is 4.90 Å². The molecule has 0 spiro atoms. The Hall–Kier alpha value is -6.64. The third kappa shape index (κ3) is 5.74. The van der Waals surface area contributed by atoms with E-state index in [1.165, 1.54) is 44.2 Å². The second kappa shape index (κ2) is 12.8. The Morgan fingerprint density at radius 1 is 0.280 bits per heavy atom. The van der Waals surface area contributed by atoms with Crippen molar-refractivity contribution in [1.82, 2.24) is 0 Å². The predicted octanol–water partition coefficient (Wildman–Crippen LogP) is 13.7. The van der Waals surface area contributed by atoms with Crippen LogP contribution in [0.15, 0.2) is 205 Å². The van der Waals surface area contributed by atoms with E-state index >= 15 is 0 Å². The molecule has 0 radical (unpaired) electrons. The standard InChI is InChI=1S/C48H33NO/c1-2-10-34(11-3-1)36-20-22-37(23-21-36)38-26-28-44(29-27-38)49(46-18-9-16-42(32-46)48-33-43-14-6-7-19-47(43)50-48)45-17-8-15-40(31-45)41-25-24-35-12-4-5-13-39(35)30-41/h1-33H. The molecule has 2 nitrogen and oxygen atoms in total. The topological polar surface area (TPSA) is 16.4 Å². The second-order valence-electron chi connectivity index (χ2n) is 12.6. The Morgan fingerprint density at radius 2 is 0.780 bits per heavy atom. The molecule has 2 heteroatoms. The number of furan rings is 1. The highest BCUT2D eigenvalue weighted by molar-refractivity contribution is 5.89. The highest BCUT2D eigenvalue weighted by Gasteiger charge is 2.16. The molecule has 9 aromatic rings. The Bertz CT molecular complexity index is 2550. The summed E-state index contributed by atoms with van der Waals surface area (Å²) in [6.45, 7) is 0. The number of benzene rings is 8. The van der Waals surface area contributed by atoms with Gasteiger partial charge in [-0.1, -0.05) is 146 Å². The minimum atomic E-state index is 0.854. The summed E-state index contributed by atoms with van der Waals surface area (Å²) in [6.07, 6.45) is 0. The SMILES string of the molecule is c1ccc(-c2ccc(-c3ccc(N(c4cccc(-c5ccc6ccccc6c5)c4)c4cccc(-c5cc6ccccc6o5)c4)cc3)cc2)cc1. The van der Waals surface area contributed by atoms with E-state index in [0.29, 0.717) is 0 Å². The lowest BCUT2D eigenvalue weighted by atomic mass is 9.99. The fourth-order valence-corrected chi connectivity index (χ4v) is 6.85. The van der Waals surface area contributed by atoms with Gasteiger partial charge < -0.3 is 9.32 Å². The fourth-order valence-electron chi connectivity index (χ4n) is 6.85. The van der Waals surface area contributed by atoms with Crippen molar-refractivity contribution >= 4 is 38.8 Å². The first-order valence-electron chi connectivity index (χ1n) is 17.0. The van der Waals surface area contributed by atoms with E-state index in [2.05, 4.69) is 187 Å². The predicted molar refractivity (Wildman–Crippen MR) is 210 cm³/mol. The van der Waals surface area contributed by atoms with Gasteiger partial charge in [0.2, 0.25) is 0 Å². The Kier molecular flexibility index (Phi) is 7.53. The molecule has 0 saturated heterocycles. The number of hydrogen-bond acceptors (Lipinski definition) is 2.